The van der Waals surface area contributed by atoms with E-state index in [1.165, 1.54) is 35.4 Å². The number of likely N-dealkylation sites (tertiary alicyclic amines) is 1. The Kier molecular flexibility index (Phi) is 7.50. The third kappa shape index (κ3) is 5.83. The Labute approximate surface area is 179 Å². The molecule has 0 bridgehead atoms. The Balaban J connectivity index is 1.63. The Morgan fingerprint density at radius 2 is 1.63 bits per heavy atom. The summed E-state index contributed by atoms with van der Waals surface area (Å²) in [7, 11) is -3.34. The second-order valence-corrected chi connectivity index (χ2v) is 9.67. The van der Waals surface area contributed by atoms with E-state index < -0.39 is 10.0 Å². The molecule has 1 aliphatic heterocycles. The van der Waals surface area contributed by atoms with Gasteiger partial charge in [0.05, 0.1) is 11.9 Å². The number of piperidine rings is 1. The summed E-state index contributed by atoms with van der Waals surface area (Å²) >= 11 is 0. The summed E-state index contributed by atoms with van der Waals surface area (Å²) in [6.45, 7) is 5.78. The van der Waals surface area contributed by atoms with Gasteiger partial charge in [0, 0.05) is 25.2 Å². The summed E-state index contributed by atoms with van der Waals surface area (Å²) in [6.07, 6.45) is 5.00. The van der Waals surface area contributed by atoms with Crippen molar-refractivity contribution in [1.29, 1.82) is 0 Å². The molecule has 162 valence electrons. The molecule has 0 atom stereocenters. The van der Waals surface area contributed by atoms with Crippen LogP contribution in [-0.2, 0) is 23.1 Å². The van der Waals surface area contributed by atoms with Gasteiger partial charge in [-0.2, -0.15) is 0 Å². The lowest BCUT2D eigenvalue weighted by Crippen LogP contribution is -2.30. The van der Waals surface area contributed by atoms with Gasteiger partial charge in [-0.3, -0.25) is 14.0 Å². The molecule has 0 spiro atoms. The molecule has 7 heteroatoms. The van der Waals surface area contributed by atoms with E-state index in [0.29, 0.717) is 24.3 Å². The molecule has 2 aromatic carbocycles. The summed E-state index contributed by atoms with van der Waals surface area (Å²) < 4.78 is 25.0. The fraction of sp³-hybridized carbons (Fsp3) is 0.435. The van der Waals surface area contributed by atoms with Crippen molar-refractivity contribution in [3.8, 4) is 0 Å². The van der Waals surface area contributed by atoms with E-state index in [4.69, 9.17) is 0 Å². The number of nitrogens with zero attached hydrogens (tertiary/aromatic N) is 2. The van der Waals surface area contributed by atoms with E-state index >= 15 is 0 Å². The Morgan fingerprint density at radius 3 is 2.23 bits per heavy atom. The smallest absolute Gasteiger partial charge is 0.251 e. The number of carbonyl (C=O) groups is 1. The maximum Gasteiger partial charge on any atom is 0.251 e. The molecule has 30 heavy (non-hydrogen) atoms. The van der Waals surface area contributed by atoms with E-state index in [0.717, 1.165) is 25.2 Å². The van der Waals surface area contributed by atoms with Crippen molar-refractivity contribution in [2.24, 2.45) is 0 Å². The number of sulfonamides is 1. The van der Waals surface area contributed by atoms with Gasteiger partial charge in [0.2, 0.25) is 10.0 Å². The number of anilines is 1. The molecular formula is C23H31N3O3S. The first kappa shape index (κ1) is 22.3. The highest BCUT2D eigenvalue weighted by atomic mass is 32.2. The van der Waals surface area contributed by atoms with Gasteiger partial charge < -0.3 is 5.32 Å². The largest absolute Gasteiger partial charge is 0.348 e. The molecule has 0 saturated carbocycles. The van der Waals surface area contributed by atoms with Crippen LogP contribution in [0.25, 0.3) is 0 Å². The average molecular weight is 430 g/mol. The lowest BCUT2D eigenvalue weighted by molar-refractivity contribution is 0.0950. The van der Waals surface area contributed by atoms with Crippen LogP contribution in [0.15, 0.2) is 48.5 Å². The highest BCUT2D eigenvalue weighted by Crippen LogP contribution is 2.19. The quantitative estimate of drug-likeness (QED) is 0.698. The van der Waals surface area contributed by atoms with E-state index in [1.54, 1.807) is 31.2 Å². The van der Waals surface area contributed by atoms with Crippen LogP contribution in [0.4, 0.5) is 5.69 Å². The van der Waals surface area contributed by atoms with Gasteiger partial charge in [-0.15, -0.1) is 0 Å². The van der Waals surface area contributed by atoms with Crippen molar-refractivity contribution < 1.29 is 13.2 Å². The SMILES string of the molecule is CCN(c1ccc(C(=O)NCc2ccccc2CN2CCCCC2)cc1)S(C)(=O)=O. The van der Waals surface area contributed by atoms with Crippen molar-refractivity contribution >= 4 is 21.6 Å². The van der Waals surface area contributed by atoms with Gasteiger partial charge in [0.1, 0.15) is 0 Å². The first-order chi connectivity index (χ1) is 14.4. The predicted octanol–water partition coefficient (Wildman–Crippen LogP) is 3.39. The van der Waals surface area contributed by atoms with Crippen molar-refractivity contribution in [1.82, 2.24) is 10.2 Å². The summed E-state index contributed by atoms with van der Waals surface area (Å²) in [5.41, 5.74) is 3.45. The maximum absolute atomic E-state index is 12.6. The van der Waals surface area contributed by atoms with Crippen LogP contribution in [0, 0.1) is 0 Å². The fourth-order valence-electron chi connectivity index (χ4n) is 3.91. The minimum Gasteiger partial charge on any atom is -0.348 e. The van der Waals surface area contributed by atoms with Crippen LogP contribution in [-0.4, -0.2) is 45.1 Å². The number of nitrogens with one attached hydrogen (secondary N) is 1. The predicted molar refractivity (Wildman–Crippen MR) is 121 cm³/mol. The van der Waals surface area contributed by atoms with E-state index in [2.05, 4.69) is 22.3 Å². The molecule has 1 fully saturated rings. The minimum atomic E-state index is -3.34. The fourth-order valence-corrected chi connectivity index (χ4v) is 4.88. The molecule has 0 aromatic heterocycles. The van der Waals surface area contributed by atoms with E-state index in [9.17, 15) is 13.2 Å². The van der Waals surface area contributed by atoms with Crippen molar-refractivity contribution in [3.05, 3.63) is 65.2 Å². The van der Waals surface area contributed by atoms with Crippen LogP contribution >= 0.6 is 0 Å². The van der Waals surface area contributed by atoms with Crippen LogP contribution in [0.2, 0.25) is 0 Å². The summed E-state index contributed by atoms with van der Waals surface area (Å²) in [5.74, 6) is -0.170. The molecule has 1 aliphatic rings. The molecule has 6 nitrogen and oxygen atoms in total. The highest BCUT2D eigenvalue weighted by Gasteiger charge is 2.16. The monoisotopic (exact) mass is 429 g/mol. The zero-order chi connectivity index (χ0) is 21.6. The normalized spacial score (nSPS) is 15.0. The van der Waals surface area contributed by atoms with Gasteiger partial charge >= 0.3 is 0 Å². The molecule has 1 amide bonds. The number of hydrogen-bond acceptors (Lipinski definition) is 4. The Morgan fingerprint density at radius 1 is 1.00 bits per heavy atom. The van der Waals surface area contributed by atoms with Crippen LogP contribution in [0.3, 0.4) is 0 Å². The van der Waals surface area contributed by atoms with Gasteiger partial charge in [-0.1, -0.05) is 30.7 Å². The Bertz CT molecular complexity index is 952. The molecule has 0 unspecified atom stereocenters. The van der Waals surface area contributed by atoms with Gasteiger partial charge in [0.25, 0.3) is 5.91 Å². The Hall–Kier alpha value is -2.38. The number of hydrogen-bond donors (Lipinski definition) is 1. The standard InChI is InChI=1S/C23H31N3O3S/c1-3-26(30(2,28)29)22-13-11-19(12-14-22)23(27)24-17-20-9-5-6-10-21(20)18-25-15-7-4-8-16-25/h5-6,9-14H,3-4,7-8,15-18H2,1-2H3,(H,24,27). The molecule has 1 heterocycles. The lowest BCUT2D eigenvalue weighted by atomic mass is 10.0. The zero-order valence-corrected chi connectivity index (χ0v) is 18.6. The summed E-state index contributed by atoms with van der Waals surface area (Å²) in [6, 6.07) is 14.9. The summed E-state index contributed by atoms with van der Waals surface area (Å²) in [5, 5.41) is 3.00. The second kappa shape index (κ2) is 10.1. The average Bonchev–Trinajstić information content (AvgIpc) is 2.73. The molecule has 2 aromatic rings. The third-order valence-corrected chi connectivity index (χ3v) is 6.78. The molecule has 3 rings (SSSR count). The van der Waals surface area contributed by atoms with E-state index in [-0.39, 0.29) is 5.91 Å². The van der Waals surface area contributed by atoms with Crippen LogP contribution < -0.4 is 9.62 Å². The number of amides is 1. The molecule has 1 N–H and O–H groups in total. The summed E-state index contributed by atoms with van der Waals surface area (Å²) in [4.78, 5) is 15.1. The molecule has 0 radical (unpaired) electrons. The number of carbonyl (C=O) groups excluding carboxylic acids is 1. The van der Waals surface area contributed by atoms with E-state index in [1.807, 2.05) is 12.1 Å². The van der Waals surface area contributed by atoms with Gasteiger partial charge in [-0.25, -0.2) is 8.42 Å². The molecule has 1 saturated heterocycles. The minimum absolute atomic E-state index is 0.170. The first-order valence-electron chi connectivity index (χ1n) is 10.5. The van der Waals surface area contributed by atoms with Crippen molar-refractivity contribution in [2.45, 2.75) is 39.3 Å². The maximum atomic E-state index is 12.6. The van der Waals surface area contributed by atoms with Crippen molar-refractivity contribution in [3.63, 3.8) is 0 Å². The molecular weight excluding hydrogens is 398 g/mol. The van der Waals surface area contributed by atoms with Crippen LogP contribution in [0.1, 0.15) is 47.7 Å². The van der Waals surface area contributed by atoms with Crippen LogP contribution in [0.5, 0.6) is 0 Å². The number of benzene rings is 2. The number of rotatable bonds is 8. The first-order valence-corrected chi connectivity index (χ1v) is 12.4. The topological polar surface area (TPSA) is 69.7 Å². The zero-order valence-electron chi connectivity index (χ0n) is 17.8. The van der Waals surface area contributed by atoms with Crippen molar-refractivity contribution in [2.75, 3.05) is 30.2 Å². The lowest BCUT2D eigenvalue weighted by Gasteiger charge is -2.27. The third-order valence-electron chi connectivity index (χ3n) is 5.51. The second-order valence-electron chi connectivity index (χ2n) is 7.76. The highest BCUT2D eigenvalue weighted by molar-refractivity contribution is 7.92. The van der Waals surface area contributed by atoms with Gasteiger partial charge in [-0.05, 0) is 68.2 Å². The van der Waals surface area contributed by atoms with Gasteiger partial charge in [0.15, 0.2) is 0 Å². The molecule has 0 aliphatic carbocycles.